The van der Waals surface area contributed by atoms with Crippen LogP contribution in [0, 0.1) is 0 Å². The Morgan fingerprint density at radius 2 is 1.65 bits per heavy atom. The summed E-state index contributed by atoms with van der Waals surface area (Å²) in [5.74, 6) is 0. The molecule has 0 aromatic heterocycles. The Bertz CT molecular complexity index is 482. The Labute approximate surface area is 105 Å². The summed E-state index contributed by atoms with van der Waals surface area (Å²) < 4.78 is 24.6. The molecule has 2 rings (SSSR count). The van der Waals surface area contributed by atoms with Crippen molar-refractivity contribution in [1.29, 1.82) is 0 Å². The molecule has 0 aliphatic carbocycles. The first-order chi connectivity index (χ1) is 7.68. The molecule has 0 heterocycles. The Morgan fingerprint density at radius 3 is 2.35 bits per heavy atom. The van der Waals surface area contributed by atoms with Crippen LogP contribution in [-0.4, -0.2) is 6.43 Å². The van der Waals surface area contributed by atoms with Crippen LogP contribution in [0.3, 0.4) is 0 Å². The topological polar surface area (TPSA) is 26.0 Å². The Morgan fingerprint density at radius 1 is 1.00 bits per heavy atom. The molecule has 0 spiro atoms. The van der Waals surface area contributed by atoms with Gasteiger partial charge in [0.2, 0.25) is 6.43 Å². The molecule has 4 heteroatoms. The van der Waals surface area contributed by atoms with E-state index in [9.17, 15) is 8.78 Å². The second-order valence-electron chi connectivity index (χ2n) is 3.80. The monoisotopic (exact) mass is 257 g/mol. The first kappa shape index (κ1) is 13.9. The lowest BCUT2D eigenvalue weighted by atomic mass is 9.97. The summed E-state index contributed by atoms with van der Waals surface area (Å²) in [5.41, 5.74) is 6.57. The summed E-state index contributed by atoms with van der Waals surface area (Å²) in [6.45, 7) is 0. The van der Waals surface area contributed by atoms with Crippen LogP contribution in [0.5, 0.6) is 0 Å². The number of fused-ring (bicyclic) bond motifs is 1. The maximum Gasteiger partial charge on any atom is 0.240 e. The quantitative estimate of drug-likeness (QED) is 0.886. The van der Waals surface area contributed by atoms with Crippen LogP contribution in [0.25, 0.3) is 10.8 Å². The van der Waals surface area contributed by atoms with E-state index in [1.165, 1.54) is 0 Å². The Balaban J connectivity index is 0.00000144. The smallest absolute Gasteiger partial charge is 0.240 e. The van der Waals surface area contributed by atoms with E-state index in [1.807, 2.05) is 42.5 Å². The van der Waals surface area contributed by atoms with Crippen LogP contribution in [0.2, 0.25) is 0 Å². The molecule has 2 aromatic carbocycles. The third-order valence-corrected chi connectivity index (χ3v) is 2.65. The molecule has 0 saturated heterocycles. The van der Waals surface area contributed by atoms with Gasteiger partial charge in [0.25, 0.3) is 0 Å². The van der Waals surface area contributed by atoms with Gasteiger partial charge in [-0.3, -0.25) is 0 Å². The molecule has 0 amide bonds. The highest BCUT2D eigenvalue weighted by atomic mass is 35.5. The zero-order chi connectivity index (χ0) is 11.5. The molecule has 0 aliphatic heterocycles. The van der Waals surface area contributed by atoms with Gasteiger partial charge < -0.3 is 5.73 Å². The van der Waals surface area contributed by atoms with Gasteiger partial charge in [-0.15, -0.1) is 12.4 Å². The summed E-state index contributed by atoms with van der Waals surface area (Å²) >= 11 is 0. The van der Waals surface area contributed by atoms with E-state index in [2.05, 4.69) is 0 Å². The predicted molar refractivity (Wildman–Crippen MR) is 68.7 cm³/mol. The standard InChI is InChI=1S/C13H13F2N.ClH/c14-13(15)8-12(16)11-7-3-5-9-4-1-2-6-10(9)11;/h1-7,12-13H,8,16H2;1H/t12-;/m0./s1. The van der Waals surface area contributed by atoms with E-state index in [0.717, 1.165) is 16.3 Å². The SMILES string of the molecule is Cl.N[C@@H](CC(F)F)c1cccc2ccccc12. The first-order valence-corrected chi connectivity index (χ1v) is 5.20. The second-order valence-corrected chi connectivity index (χ2v) is 3.80. The third kappa shape index (κ3) is 3.14. The lowest BCUT2D eigenvalue weighted by molar-refractivity contribution is 0.128. The summed E-state index contributed by atoms with van der Waals surface area (Å²) in [4.78, 5) is 0. The van der Waals surface area contributed by atoms with Crippen molar-refractivity contribution in [2.75, 3.05) is 0 Å². The van der Waals surface area contributed by atoms with E-state index in [-0.39, 0.29) is 18.8 Å². The molecular formula is C13H14ClF2N. The van der Waals surface area contributed by atoms with Crippen molar-refractivity contribution in [2.45, 2.75) is 18.9 Å². The zero-order valence-electron chi connectivity index (χ0n) is 9.14. The van der Waals surface area contributed by atoms with E-state index in [0.29, 0.717) is 0 Å². The average Bonchev–Trinajstić information content (AvgIpc) is 2.27. The summed E-state index contributed by atoms with van der Waals surface area (Å²) in [6.07, 6.45) is -2.66. The fourth-order valence-corrected chi connectivity index (χ4v) is 1.89. The zero-order valence-corrected chi connectivity index (χ0v) is 9.96. The van der Waals surface area contributed by atoms with Crippen LogP contribution in [0.1, 0.15) is 18.0 Å². The Hall–Kier alpha value is -1.19. The van der Waals surface area contributed by atoms with Crippen molar-refractivity contribution in [3.05, 3.63) is 48.0 Å². The lowest BCUT2D eigenvalue weighted by Gasteiger charge is -2.14. The van der Waals surface area contributed by atoms with Gasteiger partial charge in [-0.05, 0) is 16.3 Å². The van der Waals surface area contributed by atoms with E-state index in [4.69, 9.17) is 5.73 Å². The van der Waals surface area contributed by atoms with Crippen molar-refractivity contribution in [2.24, 2.45) is 5.73 Å². The fourth-order valence-electron chi connectivity index (χ4n) is 1.89. The second kappa shape index (κ2) is 5.94. The van der Waals surface area contributed by atoms with Crippen LogP contribution in [0.15, 0.2) is 42.5 Å². The van der Waals surface area contributed by atoms with Crippen LogP contribution in [0.4, 0.5) is 8.78 Å². The van der Waals surface area contributed by atoms with Crippen LogP contribution >= 0.6 is 12.4 Å². The molecule has 0 unspecified atom stereocenters. The molecule has 0 aliphatic rings. The molecule has 2 N–H and O–H groups in total. The van der Waals surface area contributed by atoms with Crippen molar-refractivity contribution in [3.8, 4) is 0 Å². The highest BCUT2D eigenvalue weighted by Crippen LogP contribution is 2.26. The highest BCUT2D eigenvalue weighted by Gasteiger charge is 2.14. The van der Waals surface area contributed by atoms with Crippen molar-refractivity contribution < 1.29 is 8.78 Å². The van der Waals surface area contributed by atoms with Gasteiger partial charge in [-0.25, -0.2) is 8.78 Å². The summed E-state index contributed by atoms with van der Waals surface area (Å²) in [7, 11) is 0. The molecule has 0 radical (unpaired) electrons. The molecule has 17 heavy (non-hydrogen) atoms. The van der Waals surface area contributed by atoms with E-state index >= 15 is 0 Å². The molecular weight excluding hydrogens is 244 g/mol. The van der Waals surface area contributed by atoms with Crippen molar-refractivity contribution in [1.82, 2.24) is 0 Å². The highest BCUT2D eigenvalue weighted by molar-refractivity contribution is 5.86. The molecule has 1 atom stereocenters. The molecule has 92 valence electrons. The number of hydrogen-bond donors (Lipinski definition) is 1. The lowest BCUT2D eigenvalue weighted by Crippen LogP contribution is -2.14. The van der Waals surface area contributed by atoms with Gasteiger partial charge in [-0.2, -0.15) is 0 Å². The first-order valence-electron chi connectivity index (χ1n) is 5.20. The van der Waals surface area contributed by atoms with Gasteiger partial charge in [0.05, 0.1) is 0 Å². The van der Waals surface area contributed by atoms with Gasteiger partial charge in [0, 0.05) is 12.5 Å². The predicted octanol–water partition coefficient (Wildman–Crippen LogP) is 3.92. The van der Waals surface area contributed by atoms with Crippen LogP contribution < -0.4 is 5.73 Å². The Kier molecular flexibility index (Phi) is 4.85. The van der Waals surface area contributed by atoms with Gasteiger partial charge in [0.1, 0.15) is 0 Å². The van der Waals surface area contributed by atoms with E-state index in [1.54, 1.807) is 0 Å². The molecule has 0 saturated carbocycles. The fraction of sp³-hybridized carbons (Fsp3) is 0.231. The third-order valence-electron chi connectivity index (χ3n) is 2.65. The molecule has 0 fully saturated rings. The van der Waals surface area contributed by atoms with Crippen molar-refractivity contribution in [3.63, 3.8) is 0 Å². The molecule has 0 bridgehead atoms. The number of halogens is 3. The van der Waals surface area contributed by atoms with Crippen LogP contribution in [-0.2, 0) is 0 Å². The number of benzene rings is 2. The molecule has 1 nitrogen and oxygen atoms in total. The van der Waals surface area contributed by atoms with Gasteiger partial charge >= 0.3 is 0 Å². The minimum atomic E-state index is -2.37. The number of nitrogens with two attached hydrogens (primary N) is 1. The van der Waals surface area contributed by atoms with Gasteiger partial charge in [-0.1, -0.05) is 42.5 Å². The molecule has 2 aromatic rings. The van der Waals surface area contributed by atoms with Crippen molar-refractivity contribution >= 4 is 23.2 Å². The average molecular weight is 258 g/mol. The minimum Gasteiger partial charge on any atom is -0.324 e. The maximum absolute atomic E-state index is 12.3. The maximum atomic E-state index is 12.3. The number of hydrogen-bond acceptors (Lipinski definition) is 1. The number of rotatable bonds is 3. The normalized spacial score (nSPS) is 12.5. The summed E-state index contributed by atoms with van der Waals surface area (Å²) in [5, 5.41) is 1.99. The number of alkyl halides is 2. The van der Waals surface area contributed by atoms with Gasteiger partial charge in [0.15, 0.2) is 0 Å². The largest absolute Gasteiger partial charge is 0.324 e. The van der Waals surface area contributed by atoms with E-state index < -0.39 is 12.5 Å². The summed E-state index contributed by atoms with van der Waals surface area (Å²) in [6, 6.07) is 12.7. The minimum absolute atomic E-state index is 0.